The lowest BCUT2D eigenvalue weighted by molar-refractivity contribution is -0.145. The number of hydrogen-bond acceptors (Lipinski definition) is 4. The summed E-state index contributed by atoms with van der Waals surface area (Å²) in [5.74, 6) is 0.0193. The molecule has 1 saturated heterocycles. The van der Waals surface area contributed by atoms with Crippen molar-refractivity contribution in [3.8, 4) is 5.75 Å². The molecule has 0 saturated carbocycles. The van der Waals surface area contributed by atoms with Gasteiger partial charge in [0.1, 0.15) is 5.75 Å². The molecule has 0 spiro atoms. The molecule has 5 heteroatoms. The van der Waals surface area contributed by atoms with Crippen molar-refractivity contribution in [2.45, 2.75) is 19.4 Å². The highest BCUT2D eigenvalue weighted by Gasteiger charge is 2.38. The maximum absolute atomic E-state index is 12.1. The lowest BCUT2D eigenvalue weighted by atomic mass is 10.1. The van der Waals surface area contributed by atoms with Crippen LogP contribution in [-0.2, 0) is 14.3 Å². The fourth-order valence-corrected chi connectivity index (χ4v) is 2.61. The van der Waals surface area contributed by atoms with E-state index >= 15 is 0 Å². The minimum Gasteiger partial charge on any atom is -0.496 e. The van der Waals surface area contributed by atoms with Gasteiger partial charge in [-0.2, -0.15) is 0 Å². The van der Waals surface area contributed by atoms with E-state index in [2.05, 4.69) is 0 Å². The van der Waals surface area contributed by atoms with E-state index in [9.17, 15) is 9.59 Å². The highest BCUT2D eigenvalue weighted by molar-refractivity contribution is 5.87. The van der Waals surface area contributed by atoms with Crippen LogP contribution in [0.25, 0.3) is 0 Å². The molecule has 2 rings (SSSR count). The van der Waals surface area contributed by atoms with Crippen molar-refractivity contribution in [3.05, 3.63) is 29.8 Å². The van der Waals surface area contributed by atoms with E-state index in [1.165, 1.54) is 7.11 Å². The second kappa shape index (κ2) is 5.94. The maximum atomic E-state index is 12.1. The molecule has 1 aromatic rings. The zero-order valence-electron chi connectivity index (χ0n) is 12.0. The third kappa shape index (κ3) is 2.61. The summed E-state index contributed by atoms with van der Waals surface area (Å²) >= 11 is 0. The maximum Gasteiger partial charge on any atom is 0.310 e. The van der Waals surface area contributed by atoms with Crippen molar-refractivity contribution >= 4 is 11.9 Å². The first-order valence-corrected chi connectivity index (χ1v) is 6.58. The molecule has 1 aliphatic rings. The molecule has 0 radical (unpaired) electrons. The van der Waals surface area contributed by atoms with Gasteiger partial charge in [0.25, 0.3) is 0 Å². The largest absolute Gasteiger partial charge is 0.496 e. The molecule has 0 aromatic heterocycles. The number of amides is 1. The first kappa shape index (κ1) is 14.4. The Morgan fingerprint density at radius 2 is 2.05 bits per heavy atom. The second-order valence-electron chi connectivity index (χ2n) is 4.89. The zero-order chi connectivity index (χ0) is 14.7. The molecule has 20 heavy (non-hydrogen) atoms. The molecule has 1 aromatic carbocycles. The van der Waals surface area contributed by atoms with Gasteiger partial charge < -0.3 is 14.4 Å². The number of nitrogens with zero attached hydrogens (tertiary/aromatic N) is 1. The van der Waals surface area contributed by atoms with Gasteiger partial charge in [0.15, 0.2) is 0 Å². The van der Waals surface area contributed by atoms with E-state index in [-0.39, 0.29) is 30.3 Å². The van der Waals surface area contributed by atoms with Crippen molar-refractivity contribution in [2.24, 2.45) is 5.92 Å². The summed E-state index contributed by atoms with van der Waals surface area (Å²) in [6, 6.07) is 7.46. The van der Waals surface area contributed by atoms with E-state index in [0.717, 1.165) is 11.3 Å². The smallest absolute Gasteiger partial charge is 0.310 e. The van der Waals surface area contributed by atoms with Crippen molar-refractivity contribution in [2.75, 3.05) is 20.8 Å². The van der Waals surface area contributed by atoms with Crippen LogP contribution in [0, 0.1) is 5.92 Å². The average molecular weight is 277 g/mol. The quantitative estimate of drug-likeness (QED) is 0.787. The normalized spacial score (nSPS) is 19.9. The molecule has 0 aliphatic carbocycles. The van der Waals surface area contributed by atoms with Crippen LogP contribution in [0.5, 0.6) is 5.75 Å². The van der Waals surface area contributed by atoms with Gasteiger partial charge in [-0.25, -0.2) is 0 Å². The first-order valence-electron chi connectivity index (χ1n) is 6.58. The van der Waals surface area contributed by atoms with Crippen LogP contribution in [-0.4, -0.2) is 37.5 Å². The molecule has 5 nitrogen and oxygen atoms in total. The van der Waals surface area contributed by atoms with Gasteiger partial charge in [-0.05, 0) is 13.0 Å². The lowest BCUT2D eigenvalue weighted by Crippen LogP contribution is -2.29. The molecular formula is C15H19NO4. The molecule has 0 N–H and O–H groups in total. The Morgan fingerprint density at radius 3 is 2.70 bits per heavy atom. The van der Waals surface area contributed by atoms with Crippen LogP contribution < -0.4 is 4.74 Å². The monoisotopic (exact) mass is 277 g/mol. The topological polar surface area (TPSA) is 55.8 Å². The number of esters is 1. The van der Waals surface area contributed by atoms with E-state index in [4.69, 9.17) is 9.47 Å². The lowest BCUT2D eigenvalue weighted by Gasteiger charge is -2.26. The Morgan fingerprint density at radius 1 is 1.35 bits per heavy atom. The number of methoxy groups -OCH3 is 2. The van der Waals surface area contributed by atoms with Gasteiger partial charge in [-0.15, -0.1) is 0 Å². The molecular weight excluding hydrogens is 258 g/mol. The van der Waals surface area contributed by atoms with Crippen molar-refractivity contribution in [1.82, 2.24) is 4.90 Å². The molecule has 1 fully saturated rings. The number of likely N-dealkylation sites (tertiary alicyclic amines) is 1. The van der Waals surface area contributed by atoms with Crippen molar-refractivity contribution < 1.29 is 19.1 Å². The molecule has 2 atom stereocenters. The van der Waals surface area contributed by atoms with Gasteiger partial charge >= 0.3 is 5.97 Å². The number of para-hydroxylation sites is 1. The summed E-state index contributed by atoms with van der Waals surface area (Å²) in [5, 5.41) is 0. The minimum absolute atomic E-state index is 0.0289. The van der Waals surface area contributed by atoms with Crippen molar-refractivity contribution in [3.63, 3.8) is 0 Å². The minimum atomic E-state index is -0.371. The Kier molecular flexibility index (Phi) is 4.27. The van der Waals surface area contributed by atoms with Gasteiger partial charge in [-0.1, -0.05) is 18.2 Å². The Bertz CT molecular complexity index is 514. The molecule has 108 valence electrons. The summed E-state index contributed by atoms with van der Waals surface area (Å²) < 4.78 is 10.0. The number of carbonyl (C=O) groups is 2. The van der Waals surface area contributed by atoms with Crippen molar-refractivity contribution in [1.29, 1.82) is 0 Å². The highest BCUT2D eigenvalue weighted by atomic mass is 16.5. The highest BCUT2D eigenvalue weighted by Crippen LogP contribution is 2.33. The summed E-state index contributed by atoms with van der Waals surface area (Å²) in [7, 11) is 2.95. The summed E-state index contributed by atoms with van der Waals surface area (Å²) in [5.41, 5.74) is 0.939. The standard InChI is InChI=1S/C15H19NO4/c1-10(12-6-4-5-7-13(12)19-2)16-9-11(8-14(16)17)15(18)20-3/h4-7,10-11H,8-9H2,1-3H3. The van der Waals surface area contributed by atoms with Crippen LogP contribution in [0.4, 0.5) is 0 Å². The fraction of sp³-hybridized carbons (Fsp3) is 0.467. The molecule has 1 amide bonds. The van der Waals surface area contributed by atoms with E-state index in [0.29, 0.717) is 6.54 Å². The van der Waals surface area contributed by atoms with Crippen LogP contribution in [0.1, 0.15) is 24.9 Å². The third-order valence-electron chi connectivity index (χ3n) is 3.75. The van der Waals surface area contributed by atoms with Gasteiger partial charge in [-0.3, -0.25) is 9.59 Å². The average Bonchev–Trinajstić information content (AvgIpc) is 2.87. The van der Waals surface area contributed by atoms with E-state index < -0.39 is 0 Å². The number of hydrogen-bond donors (Lipinski definition) is 0. The van der Waals surface area contributed by atoms with E-state index in [1.807, 2.05) is 31.2 Å². The number of ether oxygens (including phenoxy) is 2. The predicted molar refractivity (Wildman–Crippen MR) is 73.2 cm³/mol. The summed E-state index contributed by atoms with van der Waals surface area (Å²) in [4.78, 5) is 25.4. The molecule has 1 heterocycles. The number of carbonyl (C=O) groups excluding carboxylic acids is 2. The fourth-order valence-electron chi connectivity index (χ4n) is 2.61. The van der Waals surface area contributed by atoms with Crippen LogP contribution in [0.3, 0.4) is 0 Å². The predicted octanol–water partition coefficient (Wildman–Crippen LogP) is 1.78. The van der Waals surface area contributed by atoms with Crippen LogP contribution >= 0.6 is 0 Å². The SMILES string of the molecule is COC(=O)C1CC(=O)N(C(C)c2ccccc2OC)C1. The van der Waals surface area contributed by atoms with Crippen LogP contribution in [0.2, 0.25) is 0 Å². The zero-order valence-corrected chi connectivity index (χ0v) is 12.0. The van der Waals surface area contributed by atoms with Gasteiger partial charge in [0, 0.05) is 18.5 Å². The molecule has 0 bridgehead atoms. The van der Waals surface area contributed by atoms with Gasteiger partial charge in [0.2, 0.25) is 5.91 Å². The Hall–Kier alpha value is -2.04. The molecule has 2 unspecified atom stereocenters. The van der Waals surface area contributed by atoms with E-state index in [1.54, 1.807) is 12.0 Å². The second-order valence-corrected chi connectivity index (χ2v) is 4.89. The summed E-state index contributed by atoms with van der Waals surface area (Å²) in [6.45, 7) is 2.33. The molecule has 1 aliphatic heterocycles. The third-order valence-corrected chi connectivity index (χ3v) is 3.75. The number of rotatable bonds is 4. The summed E-state index contributed by atoms with van der Waals surface area (Å²) in [6.07, 6.45) is 0.214. The number of benzene rings is 1. The first-order chi connectivity index (χ1) is 9.58. The Labute approximate surface area is 118 Å². The van der Waals surface area contributed by atoms with Crippen LogP contribution in [0.15, 0.2) is 24.3 Å². The van der Waals surface area contributed by atoms with Gasteiger partial charge in [0.05, 0.1) is 26.2 Å². The Balaban J connectivity index is 2.19.